The molecule has 2 aromatic rings. The van der Waals surface area contributed by atoms with Gasteiger partial charge in [-0.25, -0.2) is 12.1 Å². The standard InChI is InChI=1S/C14H11.C3H7.CH3Cl.Zr/c1-2-6-11(5-1)14-10-9-12-7-3-4-8-13(12)14;1-3-2;1-2;/h1-10,14H;3H,1-2H3;1H3;/q2*-1;;+2. The summed E-state index contributed by atoms with van der Waals surface area (Å²) in [6.45, 7) is 4.00. The van der Waals surface area contributed by atoms with Crippen LogP contribution in [0.1, 0.15) is 36.5 Å². The Hall–Kier alpha value is -0.517. The molecule has 0 amide bonds. The molecule has 3 rings (SSSR count). The summed E-state index contributed by atoms with van der Waals surface area (Å²) in [7, 11) is 0. The fraction of sp³-hybridized carbons (Fsp3) is 0.222. The molecule has 104 valence electrons. The van der Waals surface area contributed by atoms with Gasteiger partial charge in [-0.05, 0) is 17.0 Å². The predicted molar refractivity (Wildman–Crippen MR) is 86.8 cm³/mol. The molecule has 1 unspecified atom stereocenters. The molecule has 0 radical (unpaired) electrons. The first-order valence-corrected chi connectivity index (χ1v) is 7.23. The molecule has 0 saturated carbocycles. The maximum absolute atomic E-state index is 4.64. The molecule has 0 bridgehead atoms. The zero-order chi connectivity index (χ0) is 14.1. The van der Waals surface area contributed by atoms with Crippen LogP contribution in [-0.4, -0.2) is 6.38 Å². The minimum atomic E-state index is 0. The monoisotopic (exact) mass is 362 g/mol. The molecule has 0 nitrogen and oxygen atoms in total. The van der Waals surface area contributed by atoms with Gasteiger partial charge in [0.1, 0.15) is 0 Å². The Balaban J connectivity index is 0.000000540. The minimum Gasteiger partial charge on any atom is -0.335 e. The molecule has 0 aliphatic heterocycles. The molecule has 1 aliphatic carbocycles. The van der Waals surface area contributed by atoms with Gasteiger partial charge in [-0.2, -0.15) is 26.0 Å². The Labute approximate surface area is 147 Å². The third-order valence-electron chi connectivity index (χ3n) is 2.85. The van der Waals surface area contributed by atoms with Crippen LogP contribution < -0.4 is 0 Å². The van der Waals surface area contributed by atoms with Crippen LogP contribution in [-0.2, 0) is 26.2 Å². The average molecular weight is 364 g/mol. The summed E-state index contributed by atoms with van der Waals surface area (Å²) in [4.78, 5) is 0. The van der Waals surface area contributed by atoms with E-state index in [0.717, 1.165) is 0 Å². The van der Waals surface area contributed by atoms with Gasteiger partial charge in [0.25, 0.3) is 0 Å². The number of benzene rings is 1. The van der Waals surface area contributed by atoms with Crippen molar-refractivity contribution in [3.05, 3.63) is 77.7 Å². The molecule has 0 saturated heterocycles. The van der Waals surface area contributed by atoms with E-state index in [-0.39, 0.29) is 26.2 Å². The molecule has 1 atom stereocenters. The third-order valence-corrected chi connectivity index (χ3v) is 2.85. The largest absolute Gasteiger partial charge is 2.00 e. The quantitative estimate of drug-likeness (QED) is 0.453. The summed E-state index contributed by atoms with van der Waals surface area (Å²) < 4.78 is 0. The molecule has 0 aromatic heterocycles. The van der Waals surface area contributed by atoms with Crippen molar-refractivity contribution in [3.63, 3.8) is 0 Å². The van der Waals surface area contributed by atoms with Gasteiger partial charge in [0.2, 0.25) is 0 Å². The number of rotatable bonds is 1. The van der Waals surface area contributed by atoms with Crippen LogP contribution in [0.15, 0.2) is 54.6 Å². The van der Waals surface area contributed by atoms with Crippen molar-refractivity contribution in [2.24, 2.45) is 0 Å². The molecular weight excluding hydrogens is 343 g/mol. The first-order valence-electron chi connectivity index (χ1n) is 6.47. The number of hydrogen-bond donors (Lipinski definition) is 0. The second kappa shape index (κ2) is 11.2. The van der Waals surface area contributed by atoms with Crippen LogP contribution in [0.4, 0.5) is 0 Å². The van der Waals surface area contributed by atoms with Crippen LogP contribution in [0.2, 0.25) is 0 Å². The van der Waals surface area contributed by atoms with Gasteiger partial charge in [0, 0.05) is 6.38 Å². The van der Waals surface area contributed by atoms with Crippen LogP contribution in [0.3, 0.4) is 0 Å². The molecule has 0 heterocycles. The van der Waals surface area contributed by atoms with E-state index in [2.05, 4.69) is 72.3 Å². The number of hydrogen-bond acceptors (Lipinski definition) is 0. The first-order chi connectivity index (χ1) is 9.36. The average Bonchev–Trinajstić information content (AvgIpc) is 3.10. The summed E-state index contributed by atoms with van der Waals surface area (Å²) in [6, 6.07) is 17.2. The van der Waals surface area contributed by atoms with Crippen molar-refractivity contribution < 1.29 is 26.2 Å². The molecule has 20 heavy (non-hydrogen) atoms. The topological polar surface area (TPSA) is 0 Å². The van der Waals surface area contributed by atoms with Gasteiger partial charge in [0.05, 0.1) is 0 Å². The van der Waals surface area contributed by atoms with E-state index in [1.165, 1.54) is 23.1 Å². The Morgan fingerprint density at radius 3 is 2.15 bits per heavy atom. The van der Waals surface area contributed by atoms with E-state index in [4.69, 9.17) is 0 Å². The van der Waals surface area contributed by atoms with Gasteiger partial charge >= 0.3 is 26.2 Å². The van der Waals surface area contributed by atoms with Gasteiger partial charge in [-0.15, -0.1) is 17.2 Å². The van der Waals surface area contributed by atoms with E-state index < -0.39 is 0 Å². The molecule has 0 spiro atoms. The summed E-state index contributed by atoms with van der Waals surface area (Å²) in [5.74, 6) is 0.473. The number of halogens is 1. The second-order valence-corrected chi connectivity index (χ2v) is 4.26. The van der Waals surface area contributed by atoms with E-state index >= 15 is 0 Å². The minimum absolute atomic E-state index is 0. The normalized spacial score (nSPS) is 14.1. The SMILES string of the molecule is C1=CC([c-]2cccc2)c2ccccc21.CCl.C[CH-]C.[Zr+2]. The fourth-order valence-corrected chi connectivity index (χ4v) is 2.14. The first kappa shape index (κ1) is 19.5. The van der Waals surface area contributed by atoms with Crippen molar-refractivity contribution in [2.45, 2.75) is 19.8 Å². The van der Waals surface area contributed by atoms with Crippen LogP contribution >= 0.6 is 11.6 Å². The molecule has 0 fully saturated rings. The van der Waals surface area contributed by atoms with Crippen molar-refractivity contribution in [1.82, 2.24) is 0 Å². The Bertz CT molecular complexity index is 486. The summed E-state index contributed by atoms with van der Waals surface area (Å²) in [5, 5.41) is 0. The number of alkyl halides is 1. The van der Waals surface area contributed by atoms with Gasteiger partial charge in [-0.3, -0.25) is 0 Å². The molecular formula is C18H21ClZr. The van der Waals surface area contributed by atoms with Crippen molar-refractivity contribution >= 4 is 17.7 Å². The van der Waals surface area contributed by atoms with E-state index in [9.17, 15) is 0 Å². The van der Waals surface area contributed by atoms with Crippen LogP contribution in [0.5, 0.6) is 0 Å². The van der Waals surface area contributed by atoms with Crippen molar-refractivity contribution in [1.29, 1.82) is 0 Å². The zero-order valence-electron chi connectivity index (χ0n) is 12.3. The molecule has 0 N–H and O–H groups in total. The fourth-order valence-electron chi connectivity index (χ4n) is 2.14. The summed E-state index contributed by atoms with van der Waals surface area (Å²) >= 11 is 4.64. The Morgan fingerprint density at radius 1 is 1.00 bits per heavy atom. The van der Waals surface area contributed by atoms with Gasteiger partial charge in [0.15, 0.2) is 0 Å². The maximum atomic E-state index is 4.64. The van der Waals surface area contributed by atoms with Crippen LogP contribution in [0, 0.1) is 6.42 Å². The van der Waals surface area contributed by atoms with E-state index in [1.54, 1.807) is 0 Å². The van der Waals surface area contributed by atoms with Crippen molar-refractivity contribution in [2.75, 3.05) is 6.38 Å². The molecule has 2 aromatic carbocycles. The summed E-state index contributed by atoms with van der Waals surface area (Å²) in [6.07, 6.45) is 7.97. The van der Waals surface area contributed by atoms with Gasteiger partial charge < -0.3 is 6.42 Å². The predicted octanol–water partition coefficient (Wildman–Crippen LogP) is 5.65. The number of fused-ring (bicyclic) bond motifs is 1. The number of allylic oxidation sites excluding steroid dienone is 1. The zero-order valence-corrected chi connectivity index (χ0v) is 15.5. The second-order valence-electron chi connectivity index (χ2n) is 4.26. The van der Waals surface area contributed by atoms with E-state index in [1.807, 2.05) is 20.3 Å². The molecule has 1 aliphatic rings. The van der Waals surface area contributed by atoms with Crippen molar-refractivity contribution in [3.8, 4) is 0 Å². The Kier molecular flexibility index (Phi) is 10.9. The van der Waals surface area contributed by atoms with Crippen LogP contribution in [0.25, 0.3) is 6.08 Å². The molecule has 2 heteroatoms. The maximum Gasteiger partial charge on any atom is 2.00 e. The third kappa shape index (κ3) is 5.11. The van der Waals surface area contributed by atoms with E-state index in [0.29, 0.717) is 5.92 Å². The van der Waals surface area contributed by atoms with Gasteiger partial charge in [-0.1, -0.05) is 36.4 Å². The Morgan fingerprint density at radius 2 is 1.55 bits per heavy atom. The summed E-state index contributed by atoms with van der Waals surface area (Å²) in [5.41, 5.74) is 4.18. The smallest absolute Gasteiger partial charge is 0.335 e.